The molecule has 3 nitrogen and oxygen atoms in total. The molecule has 0 aromatic carbocycles. The summed E-state index contributed by atoms with van der Waals surface area (Å²) in [6, 6.07) is 4.04. The summed E-state index contributed by atoms with van der Waals surface area (Å²) >= 11 is 8.92. The SMILES string of the molecule is Cc1sc2nc(CCCCl)[nH]c(=O)c2c1-c1cccs1. The number of hydrogen-bond acceptors (Lipinski definition) is 4. The van der Waals surface area contributed by atoms with E-state index in [-0.39, 0.29) is 5.56 Å². The molecule has 0 bridgehead atoms. The van der Waals surface area contributed by atoms with Crippen LogP contribution in [0.2, 0.25) is 0 Å². The monoisotopic (exact) mass is 324 g/mol. The number of halogens is 1. The van der Waals surface area contributed by atoms with Gasteiger partial charge in [-0.25, -0.2) is 4.98 Å². The first-order valence-electron chi connectivity index (χ1n) is 6.33. The van der Waals surface area contributed by atoms with E-state index in [1.807, 2.05) is 24.4 Å². The molecule has 0 radical (unpaired) electrons. The quantitative estimate of drug-likeness (QED) is 0.731. The van der Waals surface area contributed by atoms with Gasteiger partial charge in [0.2, 0.25) is 0 Å². The lowest BCUT2D eigenvalue weighted by molar-refractivity contribution is 0.843. The second-order valence-corrected chi connectivity index (χ2v) is 7.02. The van der Waals surface area contributed by atoms with Crippen molar-refractivity contribution < 1.29 is 0 Å². The standard InChI is InChI=1S/C14H13ClN2OS2/c1-8-11(9-4-3-7-19-9)12-13(18)16-10(5-2-6-15)17-14(12)20-8/h3-4,7H,2,5-6H2,1H3,(H,16,17,18). The first-order chi connectivity index (χ1) is 9.70. The van der Waals surface area contributed by atoms with Crippen LogP contribution in [-0.4, -0.2) is 15.8 Å². The number of nitrogens with one attached hydrogen (secondary N) is 1. The average Bonchev–Trinajstić information content (AvgIpc) is 3.02. The Kier molecular flexibility index (Phi) is 3.92. The van der Waals surface area contributed by atoms with Crippen molar-refractivity contribution >= 4 is 44.5 Å². The third kappa shape index (κ3) is 2.41. The Morgan fingerprint density at radius 2 is 2.30 bits per heavy atom. The maximum Gasteiger partial charge on any atom is 0.260 e. The van der Waals surface area contributed by atoms with Crippen LogP contribution in [-0.2, 0) is 6.42 Å². The molecule has 0 atom stereocenters. The zero-order valence-electron chi connectivity index (χ0n) is 10.9. The number of rotatable bonds is 4. The highest BCUT2D eigenvalue weighted by atomic mass is 35.5. The smallest absolute Gasteiger partial charge is 0.260 e. The van der Waals surface area contributed by atoms with Gasteiger partial charge in [-0.1, -0.05) is 6.07 Å². The summed E-state index contributed by atoms with van der Waals surface area (Å²) in [6.45, 7) is 2.04. The summed E-state index contributed by atoms with van der Waals surface area (Å²) in [4.78, 5) is 22.9. The molecule has 3 rings (SSSR count). The molecule has 3 aromatic heterocycles. The highest BCUT2D eigenvalue weighted by molar-refractivity contribution is 7.20. The van der Waals surface area contributed by atoms with E-state index in [4.69, 9.17) is 11.6 Å². The van der Waals surface area contributed by atoms with Crippen LogP contribution in [0.25, 0.3) is 20.7 Å². The molecule has 3 aromatic rings. The van der Waals surface area contributed by atoms with E-state index in [1.54, 1.807) is 22.7 Å². The summed E-state index contributed by atoms with van der Waals surface area (Å²) in [5.41, 5.74) is 0.977. The van der Waals surface area contributed by atoms with Crippen molar-refractivity contribution in [3.05, 3.63) is 38.6 Å². The predicted octanol–water partition coefficient (Wildman–Crippen LogP) is 4.19. The number of alkyl halides is 1. The second-order valence-electron chi connectivity index (χ2n) is 4.50. The van der Waals surface area contributed by atoms with Crippen molar-refractivity contribution in [3.8, 4) is 10.4 Å². The minimum atomic E-state index is -0.0488. The molecule has 104 valence electrons. The van der Waals surface area contributed by atoms with Gasteiger partial charge in [0.1, 0.15) is 10.7 Å². The number of thiophene rings is 2. The third-order valence-corrected chi connectivity index (χ3v) is 5.26. The fourth-order valence-electron chi connectivity index (χ4n) is 2.23. The Hall–Kier alpha value is -1.17. The van der Waals surface area contributed by atoms with Crippen molar-refractivity contribution in [1.82, 2.24) is 9.97 Å². The van der Waals surface area contributed by atoms with E-state index in [0.29, 0.717) is 17.7 Å². The average molecular weight is 325 g/mol. The lowest BCUT2D eigenvalue weighted by Gasteiger charge is -2.00. The molecule has 1 N–H and O–H groups in total. The van der Waals surface area contributed by atoms with Gasteiger partial charge in [-0.3, -0.25) is 4.79 Å². The van der Waals surface area contributed by atoms with Crippen LogP contribution < -0.4 is 5.56 Å². The molecule has 0 fully saturated rings. The first-order valence-corrected chi connectivity index (χ1v) is 8.56. The number of aromatic amines is 1. The Morgan fingerprint density at radius 1 is 1.45 bits per heavy atom. The molecule has 0 unspecified atom stereocenters. The highest BCUT2D eigenvalue weighted by Crippen LogP contribution is 2.37. The van der Waals surface area contributed by atoms with Crippen LogP contribution in [0.4, 0.5) is 0 Å². The van der Waals surface area contributed by atoms with E-state index in [1.165, 1.54) is 0 Å². The van der Waals surface area contributed by atoms with Gasteiger partial charge in [0.15, 0.2) is 0 Å². The largest absolute Gasteiger partial charge is 0.310 e. The van der Waals surface area contributed by atoms with E-state index in [2.05, 4.69) is 9.97 Å². The predicted molar refractivity (Wildman–Crippen MR) is 87.3 cm³/mol. The van der Waals surface area contributed by atoms with Gasteiger partial charge in [-0.05, 0) is 24.8 Å². The highest BCUT2D eigenvalue weighted by Gasteiger charge is 2.16. The van der Waals surface area contributed by atoms with Crippen LogP contribution in [0, 0.1) is 6.92 Å². The maximum atomic E-state index is 12.4. The van der Waals surface area contributed by atoms with Crippen LogP contribution in [0.15, 0.2) is 22.3 Å². The number of aryl methyl sites for hydroxylation is 2. The summed E-state index contributed by atoms with van der Waals surface area (Å²) in [5, 5.41) is 2.74. The molecule has 0 aliphatic carbocycles. The van der Waals surface area contributed by atoms with Crippen LogP contribution in [0.3, 0.4) is 0 Å². The molecule has 0 amide bonds. The molecule has 20 heavy (non-hydrogen) atoms. The first kappa shape index (κ1) is 13.8. The Bertz CT molecular complexity index is 789. The Morgan fingerprint density at radius 3 is 3.00 bits per heavy atom. The van der Waals surface area contributed by atoms with E-state index in [0.717, 1.165) is 32.4 Å². The molecule has 6 heteroatoms. The molecule has 3 heterocycles. The fraction of sp³-hybridized carbons (Fsp3) is 0.286. The van der Waals surface area contributed by atoms with Crippen LogP contribution in [0.1, 0.15) is 17.1 Å². The zero-order valence-corrected chi connectivity index (χ0v) is 13.3. The zero-order chi connectivity index (χ0) is 14.1. The van der Waals surface area contributed by atoms with Gasteiger partial charge >= 0.3 is 0 Å². The topological polar surface area (TPSA) is 45.8 Å². The number of H-pyrrole nitrogens is 1. The van der Waals surface area contributed by atoms with E-state index in [9.17, 15) is 4.79 Å². The number of nitrogens with zero attached hydrogens (tertiary/aromatic N) is 1. The Balaban J connectivity index is 2.19. The van der Waals surface area contributed by atoms with Crippen molar-refractivity contribution in [3.63, 3.8) is 0 Å². The number of hydrogen-bond donors (Lipinski definition) is 1. The van der Waals surface area contributed by atoms with Crippen molar-refractivity contribution in [2.24, 2.45) is 0 Å². The van der Waals surface area contributed by atoms with Crippen LogP contribution in [0.5, 0.6) is 0 Å². The van der Waals surface area contributed by atoms with Crippen molar-refractivity contribution in [1.29, 1.82) is 0 Å². The van der Waals surface area contributed by atoms with Gasteiger partial charge in [0.05, 0.1) is 5.39 Å². The van der Waals surface area contributed by atoms with Gasteiger partial charge in [-0.2, -0.15) is 0 Å². The lowest BCUT2D eigenvalue weighted by atomic mass is 10.1. The molecule has 0 saturated carbocycles. The molecule has 0 spiro atoms. The molecular formula is C14H13ClN2OS2. The van der Waals surface area contributed by atoms with Gasteiger partial charge in [0, 0.05) is 27.6 Å². The van der Waals surface area contributed by atoms with Crippen LogP contribution >= 0.6 is 34.3 Å². The van der Waals surface area contributed by atoms with Gasteiger partial charge < -0.3 is 4.98 Å². The summed E-state index contributed by atoms with van der Waals surface area (Å²) < 4.78 is 0. The van der Waals surface area contributed by atoms with Crippen molar-refractivity contribution in [2.45, 2.75) is 19.8 Å². The third-order valence-electron chi connectivity index (χ3n) is 3.10. The molecular weight excluding hydrogens is 312 g/mol. The minimum absolute atomic E-state index is 0.0488. The van der Waals surface area contributed by atoms with E-state index < -0.39 is 0 Å². The van der Waals surface area contributed by atoms with Gasteiger partial charge in [0.25, 0.3) is 5.56 Å². The van der Waals surface area contributed by atoms with Crippen molar-refractivity contribution in [2.75, 3.05) is 5.88 Å². The maximum absolute atomic E-state index is 12.4. The summed E-state index contributed by atoms with van der Waals surface area (Å²) in [7, 11) is 0. The lowest BCUT2D eigenvalue weighted by Crippen LogP contribution is -2.11. The second kappa shape index (κ2) is 5.68. The molecule has 0 aliphatic rings. The summed E-state index contributed by atoms with van der Waals surface area (Å²) in [6.07, 6.45) is 1.53. The normalized spacial score (nSPS) is 11.3. The molecule has 0 aliphatic heterocycles. The fourth-order valence-corrected chi connectivity index (χ4v) is 4.32. The van der Waals surface area contributed by atoms with E-state index >= 15 is 0 Å². The van der Waals surface area contributed by atoms with Gasteiger partial charge in [-0.15, -0.1) is 34.3 Å². The summed E-state index contributed by atoms with van der Waals surface area (Å²) in [5.74, 6) is 1.30. The number of fused-ring (bicyclic) bond motifs is 1. The Labute approximate surface area is 129 Å². The minimum Gasteiger partial charge on any atom is -0.310 e. The molecule has 0 saturated heterocycles. The number of aromatic nitrogens is 2.